The van der Waals surface area contributed by atoms with E-state index in [-0.39, 0.29) is 30.3 Å². The largest absolute Gasteiger partial charge is 0.391 e. The summed E-state index contributed by atoms with van der Waals surface area (Å²) >= 11 is 0. The molecule has 3 heterocycles. The second-order valence-corrected chi connectivity index (χ2v) is 5.28. The van der Waals surface area contributed by atoms with Crippen LogP contribution in [0.3, 0.4) is 0 Å². The third-order valence-electron chi connectivity index (χ3n) is 3.75. The van der Waals surface area contributed by atoms with Crippen LogP contribution in [0.25, 0.3) is 11.2 Å². The molecule has 7 N–H and O–H groups in total. The molecule has 1 saturated heterocycles. The number of alkyl halides is 1. The zero-order valence-electron chi connectivity index (χ0n) is 12.4. The highest BCUT2D eigenvalue weighted by Gasteiger charge is 2.57. The van der Waals surface area contributed by atoms with Crippen LogP contribution >= 0.6 is 0 Å². The standard InChI is InChI=1S/C12H17FN6O5/c13-5-7(21)12(3-20,23-2-1-14)24-10(5)19-4-16-6-8(19)17-11(15)18-9(6)22/h4-5,7,10,20-21H,1-3,14H2,(H3,15,17,18,22)/t5-,7-,10+,12+/m0/s1. The monoisotopic (exact) mass is 344 g/mol. The third-order valence-corrected chi connectivity index (χ3v) is 3.75. The van der Waals surface area contributed by atoms with E-state index in [9.17, 15) is 19.4 Å². The maximum atomic E-state index is 14.6. The van der Waals surface area contributed by atoms with E-state index in [1.165, 1.54) is 0 Å². The van der Waals surface area contributed by atoms with Crippen LogP contribution in [0.4, 0.5) is 10.3 Å². The normalized spacial score (nSPS) is 30.2. The number of imidazole rings is 1. The zero-order chi connectivity index (χ0) is 17.5. The van der Waals surface area contributed by atoms with E-state index in [0.29, 0.717) is 0 Å². The maximum absolute atomic E-state index is 14.6. The Morgan fingerprint density at radius 2 is 2.33 bits per heavy atom. The molecule has 4 atom stereocenters. The summed E-state index contributed by atoms with van der Waals surface area (Å²) in [5.41, 5.74) is 10.1. The van der Waals surface area contributed by atoms with Crippen molar-refractivity contribution < 1.29 is 24.1 Å². The summed E-state index contributed by atoms with van der Waals surface area (Å²) < 4.78 is 26.4. The lowest BCUT2D eigenvalue weighted by Crippen LogP contribution is -2.48. The van der Waals surface area contributed by atoms with Crippen LogP contribution in [0.1, 0.15) is 6.23 Å². The SMILES string of the molecule is NCCO[C@]1(CO)O[C@@H](n2cnc3c(=O)[nH]c(N)nc32)[C@@H](F)[C@@H]1O. The van der Waals surface area contributed by atoms with E-state index in [1.807, 2.05) is 0 Å². The van der Waals surface area contributed by atoms with Gasteiger partial charge in [0.2, 0.25) is 11.7 Å². The van der Waals surface area contributed by atoms with Gasteiger partial charge in [-0.05, 0) is 0 Å². The lowest BCUT2D eigenvalue weighted by atomic mass is 10.1. The van der Waals surface area contributed by atoms with Crippen molar-refractivity contribution in [2.45, 2.75) is 24.3 Å². The van der Waals surface area contributed by atoms with E-state index >= 15 is 0 Å². The predicted octanol–water partition coefficient (Wildman–Crippen LogP) is -2.41. The number of ether oxygens (including phenoxy) is 2. The number of aliphatic hydroxyl groups is 2. The van der Waals surface area contributed by atoms with Crippen LogP contribution in [0.15, 0.2) is 11.1 Å². The molecule has 2 aromatic rings. The number of halogens is 1. The van der Waals surface area contributed by atoms with Gasteiger partial charge in [0.05, 0.1) is 12.9 Å². The molecule has 11 nitrogen and oxygen atoms in total. The molecule has 0 aromatic carbocycles. The highest BCUT2D eigenvalue weighted by Crippen LogP contribution is 2.40. The molecule has 0 aliphatic carbocycles. The smallest absolute Gasteiger partial charge is 0.280 e. The summed E-state index contributed by atoms with van der Waals surface area (Å²) in [6, 6.07) is 0. The van der Waals surface area contributed by atoms with Gasteiger partial charge in [0.25, 0.3) is 5.56 Å². The summed E-state index contributed by atoms with van der Waals surface area (Å²) in [5.74, 6) is -2.16. The fourth-order valence-corrected chi connectivity index (χ4v) is 2.60. The van der Waals surface area contributed by atoms with Crippen LogP contribution in [-0.2, 0) is 9.47 Å². The topological polar surface area (TPSA) is 175 Å². The van der Waals surface area contributed by atoms with Gasteiger partial charge in [0.15, 0.2) is 23.6 Å². The minimum atomic E-state index is -1.98. The molecule has 2 aromatic heterocycles. The molecule has 0 spiro atoms. The minimum absolute atomic E-state index is 0.0244. The molecule has 12 heteroatoms. The van der Waals surface area contributed by atoms with E-state index in [2.05, 4.69) is 15.0 Å². The summed E-state index contributed by atoms with van der Waals surface area (Å²) in [7, 11) is 0. The Morgan fingerprint density at radius 1 is 1.58 bits per heavy atom. The molecule has 1 aliphatic rings. The van der Waals surface area contributed by atoms with Gasteiger partial charge >= 0.3 is 0 Å². The molecule has 0 unspecified atom stereocenters. The van der Waals surface area contributed by atoms with Gasteiger partial charge in [-0.2, -0.15) is 4.98 Å². The highest BCUT2D eigenvalue weighted by molar-refractivity contribution is 5.70. The molecule has 1 aliphatic heterocycles. The number of hydrogen-bond acceptors (Lipinski definition) is 9. The Balaban J connectivity index is 2.03. The average molecular weight is 344 g/mol. The van der Waals surface area contributed by atoms with E-state index in [0.717, 1.165) is 10.9 Å². The average Bonchev–Trinajstić information content (AvgIpc) is 3.07. The molecule has 0 amide bonds. The number of nitrogens with two attached hydrogens (primary N) is 2. The van der Waals surface area contributed by atoms with Gasteiger partial charge in [0, 0.05) is 6.54 Å². The van der Waals surface area contributed by atoms with Crippen molar-refractivity contribution in [1.82, 2.24) is 19.5 Å². The summed E-state index contributed by atoms with van der Waals surface area (Å²) in [6.07, 6.45) is -4.05. The van der Waals surface area contributed by atoms with Crippen LogP contribution in [0.5, 0.6) is 0 Å². The molecule has 24 heavy (non-hydrogen) atoms. The number of aliphatic hydroxyl groups excluding tert-OH is 2. The second kappa shape index (κ2) is 6.07. The Kier molecular flexibility index (Phi) is 4.23. The number of aromatic nitrogens is 4. The van der Waals surface area contributed by atoms with Crippen molar-refractivity contribution in [2.24, 2.45) is 5.73 Å². The molecular weight excluding hydrogens is 327 g/mol. The van der Waals surface area contributed by atoms with E-state index < -0.39 is 36.5 Å². The fraction of sp³-hybridized carbons (Fsp3) is 0.583. The van der Waals surface area contributed by atoms with Gasteiger partial charge in [-0.1, -0.05) is 0 Å². The number of nitrogens with zero attached hydrogens (tertiary/aromatic N) is 3. The first-order valence-electron chi connectivity index (χ1n) is 7.10. The number of aromatic amines is 1. The molecule has 0 radical (unpaired) electrons. The molecule has 3 rings (SSSR count). The number of nitrogens with one attached hydrogen (secondary N) is 1. The second-order valence-electron chi connectivity index (χ2n) is 5.28. The predicted molar refractivity (Wildman–Crippen MR) is 78.4 cm³/mol. The van der Waals surface area contributed by atoms with Gasteiger partial charge in [-0.15, -0.1) is 0 Å². The molecule has 1 fully saturated rings. The van der Waals surface area contributed by atoms with E-state index in [4.69, 9.17) is 20.9 Å². The fourth-order valence-electron chi connectivity index (χ4n) is 2.60. The van der Waals surface area contributed by atoms with Crippen molar-refractivity contribution in [3.8, 4) is 0 Å². The third kappa shape index (κ3) is 2.44. The van der Waals surface area contributed by atoms with E-state index in [1.54, 1.807) is 0 Å². The van der Waals surface area contributed by atoms with Crippen LogP contribution in [0, 0.1) is 0 Å². The van der Waals surface area contributed by atoms with Gasteiger partial charge in [0.1, 0.15) is 12.7 Å². The highest BCUT2D eigenvalue weighted by atomic mass is 19.1. The number of anilines is 1. The first-order valence-corrected chi connectivity index (χ1v) is 7.10. The summed E-state index contributed by atoms with van der Waals surface area (Å²) in [6.45, 7) is -0.776. The lowest BCUT2D eigenvalue weighted by molar-refractivity contribution is -0.280. The van der Waals surface area contributed by atoms with Crippen molar-refractivity contribution >= 4 is 17.1 Å². The number of hydrogen-bond donors (Lipinski definition) is 5. The number of fused-ring (bicyclic) bond motifs is 1. The Bertz CT molecular complexity index is 796. The Morgan fingerprint density at radius 3 is 3.00 bits per heavy atom. The summed E-state index contributed by atoms with van der Waals surface area (Å²) in [4.78, 5) is 21.8. The maximum Gasteiger partial charge on any atom is 0.280 e. The van der Waals surface area contributed by atoms with Crippen molar-refractivity contribution in [1.29, 1.82) is 0 Å². The van der Waals surface area contributed by atoms with Crippen molar-refractivity contribution in [3.63, 3.8) is 0 Å². The Hall–Kier alpha value is -2.12. The zero-order valence-corrected chi connectivity index (χ0v) is 12.4. The molecule has 132 valence electrons. The van der Waals surface area contributed by atoms with Gasteiger partial charge in [-0.3, -0.25) is 14.3 Å². The first-order chi connectivity index (χ1) is 11.4. The van der Waals surface area contributed by atoms with Crippen LogP contribution < -0.4 is 17.0 Å². The van der Waals surface area contributed by atoms with Gasteiger partial charge < -0.3 is 31.2 Å². The van der Waals surface area contributed by atoms with Crippen LogP contribution in [0.2, 0.25) is 0 Å². The summed E-state index contributed by atoms with van der Waals surface area (Å²) in [5, 5.41) is 19.6. The lowest BCUT2D eigenvalue weighted by Gasteiger charge is -2.29. The Labute approximate surface area is 134 Å². The number of H-pyrrole nitrogens is 1. The molecule has 0 saturated carbocycles. The quantitative estimate of drug-likeness (QED) is 0.396. The first kappa shape index (κ1) is 16.7. The number of nitrogen functional groups attached to an aromatic ring is 1. The van der Waals surface area contributed by atoms with Crippen molar-refractivity contribution in [3.05, 3.63) is 16.7 Å². The van der Waals surface area contributed by atoms with Gasteiger partial charge in [-0.25, -0.2) is 9.37 Å². The van der Waals surface area contributed by atoms with Crippen molar-refractivity contribution in [2.75, 3.05) is 25.5 Å². The molecular formula is C12H17FN6O5. The minimum Gasteiger partial charge on any atom is -0.391 e. The number of rotatable bonds is 5. The van der Waals surface area contributed by atoms with Crippen LogP contribution in [-0.4, -0.2) is 67.6 Å². The molecule has 0 bridgehead atoms.